The lowest BCUT2D eigenvalue weighted by molar-refractivity contribution is 0.375. The van der Waals surface area contributed by atoms with Gasteiger partial charge < -0.3 is 10.2 Å². The van der Waals surface area contributed by atoms with Crippen LogP contribution < -0.4 is 5.32 Å². The van der Waals surface area contributed by atoms with Gasteiger partial charge >= 0.3 is 0 Å². The van der Waals surface area contributed by atoms with Crippen LogP contribution in [0.1, 0.15) is 19.4 Å². The van der Waals surface area contributed by atoms with E-state index in [-0.39, 0.29) is 4.75 Å². The Morgan fingerprint density at radius 2 is 2.00 bits per heavy atom. The summed E-state index contributed by atoms with van der Waals surface area (Å²) in [6.07, 6.45) is 1.22. The van der Waals surface area contributed by atoms with Crippen LogP contribution in [0.15, 0.2) is 34.2 Å². The molecule has 128 valence electrons. The van der Waals surface area contributed by atoms with Crippen molar-refractivity contribution in [1.29, 1.82) is 0 Å². The van der Waals surface area contributed by atoms with E-state index in [0.29, 0.717) is 11.4 Å². The van der Waals surface area contributed by atoms with Crippen molar-refractivity contribution in [3.05, 3.63) is 29.8 Å². The Balaban J connectivity index is 1.98. The van der Waals surface area contributed by atoms with Crippen molar-refractivity contribution < 1.29 is 8.42 Å². The van der Waals surface area contributed by atoms with Gasteiger partial charge in [0.05, 0.1) is 4.90 Å². The number of hydrogen-bond donors (Lipinski definition) is 1. The SMILES string of the molecule is CN=C(NCc1ccc(S(C)(=O)=O)cc1)N1CCSC(C)(C)C1. The maximum Gasteiger partial charge on any atom is 0.193 e. The minimum absolute atomic E-state index is 0.229. The van der Waals surface area contributed by atoms with E-state index in [9.17, 15) is 8.42 Å². The molecule has 1 saturated heterocycles. The molecule has 5 nitrogen and oxygen atoms in total. The van der Waals surface area contributed by atoms with Gasteiger partial charge in [0.1, 0.15) is 0 Å². The predicted molar refractivity (Wildman–Crippen MR) is 97.9 cm³/mol. The van der Waals surface area contributed by atoms with Crippen LogP contribution in [0.5, 0.6) is 0 Å². The molecular formula is C16H25N3O2S2. The number of sulfone groups is 1. The van der Waals surface area contributed by atoms with Gasteiger partial charge in [0.2, 0.25) is 0 Å². The van der Waals surface area contributed by atoms with Crippen molar-refractivity contribution in [2.75, 3.05) is 32.1 Å². The molecule has 2 rings (SSSR count). The van der Waals surface area contributed by atoms with Crippen LogP contribution in [0, 0.1) is 0 Å². The van der Waals surface area contributed by atoms with E-state index in [4.69, 9.17) is 0 Å². The van der Waals surface area contributed by atoms with Crippen molar-refractivity contribution >= 4 is 27.6 Å². The molecule has 0 amide bonds. The van der Waals surface area contributed by atoms with Crippen LogP contribution in [0.2, 0.25) is 0 Å². The number of nitrogens with zero attached hydrogens (tertiary/aromatic N) is 2. The Morgan fingerprint density at radius 1 is 1.35 bits per heavy atom. The predicted octanol–water partition coefficient (Wildman–Crippen LogP) is 1.99. The molecule has 7 heteroatoms. The first kappa shape index (κ1) is 18.1. The molecule has 0 bridgehead atoms. The molecule has 1 aliphatic rings. The van der Waals surface area contributed by atoms with Crippen LogP contribution in [-0.4, -0.2) is 56.2 Å². The summed E-state index contributed by atoms with van der Waals surface area (Å²) in [5, 5.41) is 3.37. The number of thioether (sulfide) groups is 1. The highest BCUT2D eigenvalue weighted by molar-refractivity contribution is 8.00. The summed E-state index contributed by atoms with van der Waals surface area (Å²) < 4.78 is 23.2. The number of guanidine groups is 1. The smallest absolute Gasteiger partial charge is 0.193 e. The average molecular weight is 356 g/mol. The standard InChI is InChI=1S/C16H25N3O2S2/c1-16(2)12-19(9-10-22-16)15(17-3)18-11-13-5-7-14(8-6-13)23(4,20)21/h5-8H,9-12H2,1-4H3,(H,17,18). The quantitative estimate of drug-likeness (QED) is 0.664. The first-order valence-electron chi connectivity index (χ1n) is 7.60. The van der Waals surface area contributed by atoms with Crippen molar-refractivity contribution in [3.63, 3.8) is 0 Å². The molecular weight excluding hydrogens is 330 g/mol. The zero-order valence-electron chi connectivity index (χ0n) is 14.2. The van der Waals surface area contributed by atoms with E-state index >= 15 is 0 Å². The Hall–Kier alpha value is -1.21. The second-order valence-corrected chi connectivity index (χ2v) is 10.2. The molecule has 23 heavy (non-hydrogen) atoms. The molecule has 1 aromatic carbocycles. The monoisotopic (exact) mass is 355 g/mol. The van der Waals surface area contributed by atoms with E-state index in [1.807, 2.05) is 23.9 Å². The highest BCUT2D eigenvalue weighted by Gasteiger charge is 2.28. The zero-order valence-corrected chi connectivity index (χ0v) is 15.8. The Labute approximate surface area is 143 Å². The minimum atomic E-state index is -3.14. The molecule has 0 atom stereocenters. The molecule has 0 spiro atoms. The van der Waals surface area contributed by atoms with Gasteiger partial charge in [0.25, 0.3) is 0 Å². The lowest BCUT2D eigenvalue weighted by atomic mass is 10.2. The largest absolute Gasteiger partial charge is 0.352 e. The van der Waals surface area contributed by atoms with E-state index in [0.717, 1.165) is 30.4 Å². The molecule has 0 saturated carbocycles. The third-order valence-electron chi connectivity index (χ3n) is 3.74. The number of hydrogen-bond acceptors (Lipinski definition) is 4. The van der Waals surface area contributed by atoms with Gasteiger partial charge in [-0.05, 0) is 31.5 Å². The van der Waals surface area contributed by atoms with Gasteiger partial charge in [0, 0.05) is 43.4 Å². The van der Waals surface area contributed by atoms with Crippen molar-refractivity contribution in [1.82, 2.24) is 10.2 Å². The van der Waals surface area contributed by atoms with Crippen molar-refractivity contribution in [2.24, 2.45) is 4.99 Å². The van der Waals surface area contributed by atoms with Gasteiger partial charge in [0.15, 0.2) is 15.8 Å². The second-order valence-electron chi connectivity index (χ2n) is 6.35. The van der Waals surface area contributed by atoms with Crippen molar-refractivity contribution in [3.8, 4) is 0 Å². The first-order chi connectivity index (χ1) is 10.7. The summed E-state index contributed by atoms with van der Waals surface area (Å²) in [4.78, 5) is 7.00. The molecule has 0 unspecified atom stereocenters. The van der Waals surface area contributed by atoms with Gasteiger partial charge in [-0.15, -0.1) is 0 Å². The van der Waals surface area contributed by atoms with Crippen LogP contribution >= 0.6 is 11.8 Å². The summed E-state index contributed by atoms with van der Waals surface area (Å²) in [5.74, 6) is 1.99. The zero-order chi connectivity index (χ0) is 17.1. The molecule has 0 aromatic heterocycles. The Bertz CT molecular complexity index is 667. The van der Waals surface area contributed by atoms with Gasteiger partial charge in [-0.25, -0.2) is 8.42 Å². The van der Waals surface area contributed by atoms with Crippen LogP contribution in [0.3, 0.4) is 0 Å². The lowest BCUT2D eigenvalue weighted by Gasteiger charge is -2.39. The molecule has 1 aliphatic heterocycles. The maximum absolute atomic E-state index is 11.5. The number of nitrogens with one attached hydrogen (secondary N) is 1. The average Bonchev–Trinajstić information content (AvgIpc) is 2.46. The fourth-order valence-electron chi connectivity index (χ4n) is 2.57. The summed E-state index contributed by atoms with van der Waals surface area (Å²) in [6, 6.07) is 6.98. The third-order valence-corrected chi connectivity index (χ3v) is 6.16. The van der Waals surface area contributed by atoms with Crippen LogP contribution in [-0.2, 0) is 16.4 Å². The van der Waals surface area contributed by atoms with Crippen LogP contribution in [0.25, 0.3) is 0 Å². The van der Waals surface area contributed by atoms with Crippen LogP contribution in [0.4, 0.5) is 0 Å². The number of aliphatic imine (C=N–C) groups is 1. The molecule has 1 N–H and O–H groups in total. The Morgan fingerprint density at radius 3 is 2.52 bits per heavy atom. The normalized spacial score (nSPS) is 18.8. The summed E-state index contributed by atoms with van der Waals surface area (Å²) in [5.41, 5.74) is 1.03. The topological polar surface area (TPSA) is 61.8 Å². The van der Waals surface area contributed by atoms with Gasteiger partial charge in [-0.1, -0.05) is 12.1 Å². The van der Waals surface area contributed by atoms with Gasteiger partial charge in [-0.2, -0.15) is 11.8 Å². The summed E-state index contributed by atoms with van der Waals surface area (Å²) in [6.45, 7) is 7.08. The first-order valence-corrected chi connectivity index (χ1v) is 10.5. The van der Waals surface area contributed by atoms with E-state index in [1.54, 1.807) is 19.2 Å². The van der Waals surface area contributed by atoms with E-state index < -0.39 is 9.84 Å². The van der Waals surface area contributed by atoms with Gasteiger partial charge in [-0.3, -0.25) is 4.99 Å². The van der Waals surface area contributed by atoms with E-state index in [1.165, 1.54) is 6.26 Å². The molecule has 1 fully saturated rings. The Kier molecular flexibility index (Phi) is 5.62. The maximum atomic E-state index is 11.5. The highest BCUT2D eigenvalue weighted by atomic mass is 32.2. The minimum Gasteiger partial charge on any atom is -0.352 e. The molecule has 1 heterocycles. The summed E-state index contributed by atoms with van der Waals surface area (Å²) >= 11 is 1.99. The fraction of sp³-hybridized carbons (Fsp3) is 0.562. The summed E-state index contributed by atoms with van der Waals surface area (Å²) in [7, 11) is -1.34. The third kappa shape index (κ3) is 5.14. The lowest BCUT2D eigenvalue weighted by Crippen LogP contribution is -2.50. The molecule has 0 radical (unpaired) electrons. The second kappa shape index (κ2) is 7.13. The van der Waals surface area contributed by atoms with Crippen molar-refractivity contribution in [2.45, 2.75) is 30.0 Å². The van der Waals surface area contributed by atoms with E-state index in [2.05, 4.69) is 29.1 Å². The fourth-order valence-corrected chi connectivity index (χ4v) is 4.31. The molecule has 0 aliphatic carbocycles. The highest BCUT2D eigenvalue weighted by Crippen LogP contribution is 2.29. The number of benzene rings is 1. The number of rotatable bonds is 3. The molecule has 1 aromatic rings.